The predicted molar refractivity (Wildman–Crippen MR) is 61.9 cm³/mol. The Balaban J connectivity index is 2.05. The quantitative estimate of drug-likeness (QED) is 0.584. The molecule has 3 N–H and O–H groups in total. The summed E-state index contributed by atoms with van der Waals surface area (Å²) in [6, 6.07) is 4.16. The van der Waals surface area contributed by atoms with Gasteiger partial charge >= 0.3 is 0 Å². The van der Waals surface area contributed by atoms with Crippen LogP contribution in [-0.2, 0) is 6.42 Å². The Kier molecular flexibility index (Phi) is 2.28. The molecule has 0 radical (unpaired) electrons. The van der Waals surface area contributed by atoms with Gasteiger partial charge in [-0.05, 0) is 49.8 Å². The van der Waals surface area contributed by atoms with Gasteiger partial charge in [-0.2, -0.15) is 0 Å². The summed E-state index contributed by atoms with van der Waals surface area (Å²) in [7, 11) is 0. The zero-order valence-electron chi connectivity index (χ0n) is 9.24. The molecule has 86 valence electrons. The summed E-state index contributed by atoms with van der Waals surface area (Å²) in [6.07, 6.45) is 4.32. The third-order valence-corrected chi connectivity index (χ3v) is 3.99. The van der Waals surface area contributed by atoms with Gasteiger partial charge in [0.15, 0.2) is 11.5 Å². The van der Waals surface area contributed by atoms with Crippen LogP contribution in [0.4, 0.5) is 0 Å². The maximum Gasteiger partial charge on any atom is 0.160 e. The molecule has 1 aromatic rings. The van der Waals surface area contributed by atoms with Crippen molar-refractivity contribution in [2.75, 3.05) is 6.54 Å². The highest BCUT2D eigenvalue weighted by molar-refractivity contribution is 5.51. The Hall–Kier alpha value is -1.22. The van der Waals surface area contributed by atoms with E-state index in [1.807, 2.05) is 6.07 Å². The number of fused-ring (bicyclic) bond motifs is 3. The van der Waals surface area contributed by atoms with Crippen molar-refractivity contribution in [3.05, 3.63) is 23.3 Å². The second-order valence-corrected chi connectivity index (χ2v) is 4.85. The summed E-state index contributed by atoms with van der Waals surface area (Å²) in [5.41, 5.74) is 2.20. The third kappa shape index (κ3) is 1.39. The first-order valence-electron chi connectivity index (χ1n) is 6.04. The summed E-state index contributed by atoms with van der Waals surface area (Å²) in [4.78, 5) is 0. The monoisotopic (exact) mass is 219 g/mol. The first kappa shape index (κ1) is 9.97. The topological polar surface area (TPSA) is 52.5 Å². The van der Waals surface area contributed by atoms with Crippen LogP contribution in [0.25, 0.3) is 0 Å². The van der Waals surface area contributed by atoms with E-state index >= 15 is 0 Å². The average molecular weight is 219 g/mol. The molecule has 16 heavy (non-hydrogen) atoms. The highest BCUT2D eigenvalue weighted by Crippen LogP contribution is 2.43. The van der Waals surface area contributed by atoms with Crippen LogP contribution < -0.4 is 5.32 Å². The summed E-state index contributed by atoms with van der Waals surface area (Å²) >= 11 is 0. The molecule has 0 aromatic heterocycles. The van der Waals surface area contributed by atoms with Crippen molar-refractivity contribution in [1.29, 1.82) is 0 Å². The predicted octanol–water partition coefficient (Wildman–Crippen LogP) is 1.88. The lowest BCUT2D eigenvalue weighted by Crippen LogP contribution is -2.42. The van der Waals surface area contributed by atoms with Crippen LogP contribution in [-0.4, -0.2) is 22.8 Å². The average Bonchev–Trinajstić information content (AvgIpc) is 2.33. The second-order valence-electron chi connectivity index (χ2n) is 4.85. The SMILES string of the molecule is Oc1ccc2c(c1O)CC[C@H]1NCCC[C@@H]21. The number of nitrogens with one attached hydrogen (secondary N) is 1. The molecule has 0 spiro atoms. The molecule has 0 unspecified atom stereocenters. The van der Waals surface area contributed by atoms with Crippen molar-refractivity contribution in [2.24, 2.45) is 0 Å². The number of phenols is 2. The van der Waals surface area contributed by atoms with Gasteiger partial charge < -0.3 is 15.5 Å². The lowest BCUT2D eigenvalue weighted by Gasteiger charge is -2.38. The molecule has 1 heterocycles. The minimum atomic E-state index is 0.0148. The van der Waals surface area contributed by atoms with Crippen molar-refractivity contribution in [3.63, 3.8) is 0 Å². The van der Waals surface area contributed by atoms with Crippen molar-refractivity contribution >= 4 is 0 Å². The van der Waals surface area contributed by atoms with E-state index < -0.39 is 0 Å². The Labute approximate surface area is 95.1 Å². The number of piperidine rings is 1. The molecule has 0 bridgehead atoms. The zero-order chi connectivity index (χ0) is 11.1. The summed E-state index contributed by atoms with van der Waals surface area (Å²) in [5, 5.41) is 22.9. The molecule has 0 saturated carbocycles. The van der Waals surface area contributed by atoms with Crippen LogP contribution >= 0.6 is 0 Å². The van der Waals surface area contributed by atoms with Crippen LogP contribution in [0.3, 0.4) is 0 Å². The van der Waals surface area contributed by atoms with Crippen LogP contribution in [0.5, 0.6) is 11.5 Å². The normalized spacial score (nSPS) is 28.2. The molecule has 1 aliphatic carbocycles. The van der Waals surface area contributed by atoms with Gasteiger partial charge in [-0.3, -0.25) is 0 Å². The van der Waals surface area contributed by atoms with Gasteiger partial charge in [-0.25, -0.2) is 0 Å². The van der Waals surface area contributed by atoms with Crippen molar-refractivity contribution in [2.45, 2.75) is 37.6 Å². The molecule has 1 fully saturated rings. The number of phenolic OH excluding ortho intramolecular Hbond substituents is 2. The van der Waals surface area contributed by atoms with Gasteiger partial charge in [-0.15, -0.1) is 0 Å². The number of benzene rings is 1. The maximum absolute atomic E-state index is 9.86. The smallest absolute Gasteiger partial charge is 0.160 e. The minimum Gasteiger partial charge on any atom is -0.504 e. The summed E-state index contributed by atoms with van der Waals surface area (Å²) in [5.74, 6) is 0.631. The van der Waals surface area contributed by atoms with Crippen LogP contribution in [0, 0.1) is 0 Å². The van der Waals surface area contributed by atoms with Gasteiger partial charge in [0.05, 0.1) is 0 Å². The fraction of sp³-hybridized carbons (Fsp3) is 0.538. The van der Waals surface area contributed by atoms with E-state index in [0.29, 0.717) is 12.0 Å². The molecule has 0 amide bonds. The molecule has 3 nitrogen and oxygen atoms in total. The van der Waals surface area contributed by atoms with Gasteiger partial charge in [-0.1, -0.05) is 6.07 Å². The third-order valence-electron chi connectivity index (χ3n) is 3.99. The van der Waals surface area contributed by atoms with Crippen LogP contribution in [0.15, 0.2) is 12.1 Å². The van der Waals surface area contributed by atoms with E-state index in [-0.39, 0.29) is 11.5 Å². The lowest BCUT2D eigenvalue weighted by molar-refractivity contribution is 0.312. The van der Waals surface area contributed by atoms with E-state index in [0.717, 1.165) is 24.9 Å². The van der Waals surface area contributed by atoms with Gasteiger partial charge in [0.1, 0.15) is 0 Å². The van der Waals surface area contributed by atoms with Crippen molar-refractivity contribution in [3.8, 4) is 11.5 Å². The fourth-order valence-corrected chi connectivity index (χ4v) is 3.18. The first-order chi connectivity index (χ1) is 7.77. The molecule has 3 rings (SSSR count). The van der Waals surface area contributed by atoms with Gasteiger partial charge in [0, 0.05) is 11.6 Å². The Morgan fingerprint density at radius 2 is 2.06 bits per heavy atom. The molecule has 1 aliphatic heterocycles. The van der Waals surface area contributed by atoms with E-state index in [1.54, 1.807) is 6.07 Å². The second kappa shape index (κ2) is 3.67. The maximum atomic E-state index is 9.86. The lowest BCUT2D eigenvalue weighted by atomic mass is 9.75. The first-order valence-corrected chi connectivity index (χ1v) is 6.04. The number of hydrogen-bond acceptors (Lipinski definition) is 3. The molecule has 1 aromatic carbocycles. The van der Waals surface area contributed by atoms with Gasteiger partial charge in [0.2, 0.25) is 0 Å². The van der Waals surface area contributed by atoms with Gasteiger partial charge in [0.25, 0.3) is 0 Å². The Morgan fingerprint density at radius 1 is 1.19 bits per heavy atom. The fourth-order valence-electron chi connectivity index (χ4n) is 3.18. The summed E-state index contributed by atoms with van der Waals surface area (Å²) in [6.45, 7) is 1.11. The largest absolute Gasteiger partial charge is 0.504 e. The molecular formula is C13H17NO2. The van der Waals surface area contributed by atoms with Crippen molar-refractivity contribution in [1.82, 2.24) is 5.32 Å². The molecule has 3 heteroatoms. The summed E-state index contributed by atoms with van der Waals surface area (Å²) < 4.78 is 0. The number of hydrogen-bond donors (Lipinski definition) is 3. The minimum absolute atomic E-state index is 0.0148. The highest BCUT2D eigenvalue weighted by atomic mass is 16.3. The standard InChI is InChI=1S/C13H17NO2/c15-12-6-4-8-9-2-1-7-14-11(9)5-3-10(8)13(12)16/h4,6,9,11,14-16H,1-3,5,7H2/t9-,11+/m0/s1. The Bertz CT molecular complexity index is 417. The van der Waals surface area contributed by atoms with E-state index in [1.165, 1.54) is 18.4 Å². The number of rotatable bonds is 0. The van der Waals surface area contributed by atoms with Crippen LogP contribution in [0.1, 0.15) is 36.3 Å². The molecule has 2 atom stereocenters. The molecule has 1 saturated heterocycles. The highest BCUT2D eigenvalue weighted by Gasteiger charge is 2.32. The van der Waals surface area contributed by atoms with Crippen LogP contribution in [0.2, 0.25) is 0 Å². The van der Waals surface area contributed by atoms with E-state index in [2.05, 4.69) is 5.32 Å². The van der Waals surface area contributed by atoms with E-state index in [4.69, 9.17) is 0 Å². The van der Waals surface area contributed by atoms with E-state index in [9.17, 15) is 10.2 Å². The zero-order valence-corrected chi connectivity index (χ0v) is 9.24. The van der Waals surface area contributed by atoms with Crippen molar-refractivity contribution < 1.29 is 10.2 Å². The number of aromatic hydroxyl groups is 2. The Morgan fingerprint density at radius 3 is 2.94 bits per heavy atom. The molecular weight excluding hydrogens is 202 g/mol. The molecule has 2 aliphatic rings.